The van der Waals surface area contributed by atoms with Gasteiger partial charge in [0.25, 0.3) is 5.91 Å². The minimum absolute atomic E-state index is 0.292. The van der Waals surface area contributed by atoms with E-state index in [0.717, 1.165) is 16.8 Å². The smallest absolute Gasteiger partial charge is 0.279 e. The average molecular weight is 321 g/mol. The fourth-order valence-electron chi connectivity index (χ4n) is 2.41. The second-order valence-electron chi connectivity index (χ2n) is 5.21. The fraction of sp³-hybridized carbons (Fsp3) is 0.167. The van der Waals surface area contributed by atoms with Crippen LogP contribution >= 0.6 is 11.3 Å². The number of benzene rings is 2. The molecule has 2 aromatic carbocycles. The predicted octanol–water partition coefficient (Wildman–Crippen LogP) is 3.64. The molecule has 114 valence electrons. The van der Waals surface area contributed by atoms with E-state index in [4.69, 9.17) is 5.26 Å². The van der Waals surface area contributed by atoms with Crippen LogP contribution < -0.4 is 4.80 Å². The fourth-order valence-corrected chi connectivity index (χ4v) is 3.60. The van der Waals surface area contributed by atoms with Gasteiger partial charge in [0, 0.05) is 12.1 Å². The quantitative estimate of drug-likeness (QED) is 0.723. The summed E-state index contributed by atoms with van der Waals surface area (Å²) in [7, 11) is 0. The highest BCUT2D eigenvalue weighted by Gasteiger charge is 2.08. The van der Waals surface area contributed by atoms with E-state index < -0.39 is 0 Å². The first-order chi connectivity index (χ1) is 11.1. The van der Waals surface area contributed by atoms with E-state index in [1.165, 1.54) is 16.9 Å². The van der Waals surface area contributed by atoms with Crippen molar-refractivity contribution in [1.82, 2.24) is 4.57 Å². The van der Waals surface area contributed by atoms with Crippen molar-refractivity contribution in [2.24, 2.45) is 4.99 Å². The van der Waals surface area contributed by atoms with E-state index in [-0.39, 0.29) is 5.91 Å². The molecule has 0 radical (unpaired) electrons. The molecule has 1 heterocycles. The molecule has 0 spiro atoms. The molecule has 0 aliphatic rings. The first kappa shape index (κ1) is 15.2. The molecule has 0 saturated heterocycles. The Morgan fingerprint density at radius 2 is 2.00 bits per heavy atom. The summed E-state index contributed by atoms with van der Waals surface area (Å²) in [6, 6.07) is 14.8. The first-order valence-electron chi connectivity index (χ1n) is 7.31. The summed E-state index contributed by atoms with van der Waals surface area (Å²) in [5.74, 6) is -0.292. The molecule has 0 atom stereocenters. The Labute approximate surface area is 138 Å². The van der Waals surface area contributed by atoms with Crippen LogP contribution in [0.3, 0.4) is 0 Å². The van der Waals surface area contributed by atoms with Gasteiger partial charge in [-0.3, -0.25) is 4.79 Å². The summed E-state index contributed by atoms with van der Waals surface area (Å²) in [6.07, 6.45) is 0. The molecular weight excluding hydrogens is 306 g/mol. The normalized spacial score (nSPS) is 11.6. The third-order valence-corrected chi connectivity index (χ3v) is 4.65. The molecule has 0 saturated carbocycles. The van der Waals surface area contributed by atoms with Gasteiger partial charge in [-0.2, -0.15) is 10.3 Å². The maximum absolute atomic E-state index is 12.4. The Kier molecular flexibility index (Phi) is 4.09. The lowest BCUT2D eigenvalue weighted by molar-refractivity contribution is 0.0998. The van der Waals surface area contributed by atoms with Gasteiger partial charge in [-0.1, -0.05) is 17.4 Å². The number of nitriles is 1. The number of hydrogen-bond donors (Lipinski definition) is 0. The monoisotopic (exact) mass is 321 g/mol. The Balaban J connectivity index is 2.09. The Bertz CT molecular complexity index is 988. The molecule has 1 aromatic heterocycles. The number of carbonyl (C=O) groups is 1. The van der Waals surface area contributed by atoms with E-state index in [2.05, 4.69) is 23.2 Å². The highest BCUT2D eigenvalue weighted by molar-refractivity contribution is 7.16. The van der Waals surface area contributed by atoms with Crippen molar-refractivity contribution in [3.63, 3.8) is 0 Å². The van der Waals surface area contributed by atoms with Crippen molar-refractivity contribution in [3.05, 3.63) is 64.0 Å². The van der Waals surface area contributed by atoms with Crippen molar-refractivity contribution in [2.45, 2.75) is 20.4 Å². The van der Waals surface area contributed by atoms with Gasteiger partial charge in [-0.25, -0.2) is 0 Å². The van der Waals surface area contributed by atoms with Crippen molar-refractivity contribution >= 4 is 27.5 Å². The van der Waals surface area contributed by atoms with Crippen LogP contribution in [0.5, 0.6) is 0 Å². The van der Waals surface area contributed by atoms with E-state index in [0.29, 0.717) is 15.9 Å². The van der Waals surface area contributed by atoms with Crippen LogP contribution in [0.15, 0.2) is 47.5 Å². The van der Waals surface area contributed by atoms with Gasteiger partial charge < -0.3 is 4.57 Å². The molecule has 0 N–H and O–H groups in total. The van der Waals surface area contributed by atoms with E-state index in [9.17, 15) is 4.79 Å². The van der Waals surface area contributed by atoms with Gasteiger partial charge >= 0.3 is 0 Å². The molecule has 0 fully saturated rings. The number of hydrogen-bond acceptors (Lipinski definition) is 3. The van der Waals surface area contributed by atoms with Gasteiger partial charge in [0.05, 0.1) is 21.8 Å². The topological polar surface area (TPSA) is 58.1 Å². The summed E-state index contributed by atoms with van der Waals surface area (Å²) < 4.78 is 3.17. The summed E-state index contributed by atoms with van der Waals surface area (Å²) in [4.78, 5) is 17.3. The molecule has 3 rings (SSSR count). The van der Waals surface area contributed by atoms with Crippen molar-refractivity contribution < 1.29 is 4.79 Å². The second-order valence-corrected chi connectivity index (χ2v) is 6.22. The second kappa shape index (κ2) is 6.19. The zero-order chi connectivity index (χ0) is 16.4. The standard InChI is InChI=1S/C18H15N3OS/c1-3-21-15-9-4-12(2)10-16(15)23-18(21)20-17(22)14-7-5-13(11-19)6-8-14/h4-10H,3H2,1-2H3. The SMILES string of the molecule is CCn1c(=NC(=O)c2ccc(C#N)cc2)sc2cc(C)ccc21. The molecule has 5 heteroatoms. The number of aromatic nitrogens is 1. The lowest BCUT2D eigenvalue weighted by Gasteiger charge is -2.00. The highest BCUT2D eigenvalue weighted by Crippen LogP contribution is 2.19. The lowest BCUT2D eigenvalue weighted by atomic mass is 10.1. The van der Waals surface area contributed by atoms with Crippen molar-refractivity contribution in [2.75, 3.05) is 0 Å². The van der Waals surface area contributed by atoms with Crippen LogP contribution in [0, 0.1) is 18.3 Å². The third kappa shape index (κ3) is 2.94. The van der Waals surface area contributed by atoms with Gasteiger partial charge in [0.2, 0.25) is 0 Å². The molecule has 1 amide bonds. The number of rotatable bonds is 2. The van der Waals surface area contributed by atoms with E-state index in [1.54, 1.807) is 24.3 Å². The molecular formula is C18H15N3OS. The van der Waals surface area contributed by atoms with Gasteiger partial charge in [0.1, 0.15) is 0 Å². The van der Waals surface area contributed by atoms with Crippen LogP contribution in [-0.4, -0.2) is 10.5 Å². The van der Waals surface area contributed by atoms with Crippen LogP contribution in [0.4, 0.5) is 0 Å². The number of nitrogens with zero attached hydrogens (tertiary/aromatic N) is 3. The molecule has 0 unspecified atom stereocenters. The van der Waals surface area contributed by atoms with E-state index >= 15 is 0 Å². The van der Waals surface area contributed by atoms with Crippen LogP contribution in [0.1, 0.15) is 28.4 Å². The van der Waals surface area contributed by atoms with Crippen LogP contribution in [0.25, 0.3) is 10.2 Å². The number of fused-ring (bicyclic) bond motifs is 1. The Hall–Kier alpha value is -2.71. The van der Waals surface area contributed by atoms with Gasteiger partial charge in [-0.15, -0.1) is 0 Å². The predicted molar refractivity (Wildman–Crippen MR) is 91.3 cm³/mol. The number of thiazole rings is 1. The van der Waals surface area contributed by atoms with Crippen molar-refractivity contribution in [3.8, 4) is 6.07 Å². The van der Waals surface area contributed by atoms with Crippen molar-refractivity contribution in [1.29, 1.82) is 5.26 Å². The molecule has 0 aliphatic heterocycles. The summed E-state index contributed by atoms with van der Waals surface area (Å²) in [5, 5.41) is 8.81. The average Bonchev–Trinajstić information content (AvgIpc) is 2.90. The van der Waals surface area contributed by atoms with Crippen LogP contribution in [-0.2, 0) is 6.54 Å². The lowest BCUT2D eigenvalue weighted by Crippen LogP contribution is -2.15. The largest absolute Gasteiger partial charge is 0.317 e. The molecule has 23 heavy (non-hydrogen) atoms. The number of carbonyl (C=O) groups excluding carboxylic acids is 1. The summed E-state index contributed by atoms with van der Waals surface area (Å²) in [5.41, 5.74) is 3.30. The zero-order valence-electron chi connectivity index (χ0n) is 12.9. The summed E-state index contributed by atoms with van der Waals surface area (Å²) in [6.45, 7) is 4.84. The van der Waals surface area contributed by atoms with Gasteiger partial charge in [-0.05, 0) is 55.8 Å². The molecule has 0 aliphatic carbocycles. The molecule has 4 nitrogen and oxygen atoms in total. The Morgan fingerprint density at radius 3 is 2.65 bits per heavy atom. The maximum Gasteiger partial charge on any atom is 0.279 e. The van der Waals surface area contributed by atoms with Crippen LogP contribution in [0.2, 0.25) is 0 Å². The van der Waals surface area contributed by atoms with Gasteiger partial charge in [0.15, 0.2) is 4.80 Å². The molecule has 0 bridgehead atoms. The van der Waals surface area contributed by atoms with E-state index in [1.807, 2.05) is 24.5 Å². The highest BCUT2D eigenvalue weighted by atomic mass is 32.1. The zero-order valence-corrected chi connectivity index (χ0v) is 13.7. The maximum atomic E-state index is 12.4. The number of aryl methyl sites for hydroxylation is 2. The minimum Gasteiger partial charge on any atom is -0.317 e. The summed E-state index contributed by atoms with van der Waals surface area (Å²) >= 11 is 1.52. The molecule has 3 aromatic rings. The Morgan fingerprint density at radius 1 is 1.26 bits per heavy atom. The number of amides is 1. The first-order valence-corrected chi connectivity index (χ1v) is 8.13. The third-order valence-electron chi connectivity index (χ3n) is 3.61. The minimum atomic E-state index is -0.292.